The number of pyridine rings is 1. The number of rotatable bonds is 9. The number of nitrogens with one attached hydrogen (secondary N) is 2. The molecule has 0 spiro atoms. The van der Waals surface area contributed by atoms with Crippen molar-refractivity contribution in [1.82, 2.24) is 25.6 Å². The third kappa shape index (κ3) is 6.14. The summed E-state index contributed by atoms with van der Waals surface area (Å²) in [6, 6.07) is 9.09. The summed E-state index contributed by atoms with van der Waals surface area (Å²) in [5.74, 6) is -0.396. The zero-order valence-corrected chi connectivity index (χ0v) is 18.3. The van der Waals surface area contributed by atoms with Crippen LogP contribution in [0.3, 0.4) is 0 Å². The molecular formula is C21H23FIN5O. The number of carbonyl (C=O) groups is 1. The zero-order valence-electron chi connectivity index (χ0n) is 16.2. The van der Waals surface area contributed by atoms with Crippen molar-refractivity contribution in [3.05, 3.63) is 63.5 Å². The molecule has 3 rings (SSSR count). The standard InChI is InChI=1S/C21H23FIN5O/c1-2-14(15-6-8-25-20(22)11-15)5-7-24-9-10-26-21(29)19-13-27-18-12-16(23)3-4-17(18)28-19/h3-4,6,8,11-14,24H,2,5,7,9-10H2,1H3,(H,26,29). The number of fused-ring (bicyclic) bond motifs is 1. The van der Waals surface area contributed by atoms with E-state index in [2.05, 4.69) is 55.1 Å². The molecule has 8 heteroatoms. The largest absolute Gasteiger partial charge is 0.349 e. The van der Waals surface area contributed by atoms with Crippen LogP contribution in [0.25, 0.3) is 11.0 Å². The van der Waals surface area contributed by atoms with Crippen molar-refractivity contribution in [2.45, 2.75) is 25.7 Å². The lowest BCUT2D eigenvalue weighted by Crippen LogP contribution is -2.33. The van der Waals surface area contributed by atoms with Crippen LogP contribution in [-0.2, 0) is 0 Å². The van der Waals surface area contributed by atoms with E-state index in [9.17, 15) is 9.18 Å². The molecule has 2 N–H and O–H groups in total. The molecule has 0 aliphatic heterocycles. The fourth-order valence-electron chi connectivity index (χ4n) is 3.13. The van der Waals surface area contributed by atoms with E-state index in [1.54, 1.807) is 0 Å². The number of hydrogen-bond acceptors (Lipinski definition) is 5. The highest BCUT2D eigenvalue weighted by Gasteiger charge is 2.11. The third-order valence-corrected chi connectivity index (χ3v) is 5.38. The van der Waals surface area contributed by atoms with Gasteiger partial charge in [-0.2, -0.15) is 4.39 Å². The van der Waals surface area contributed by atoms with E-state index in [0.717, 1.165) is 34.0 Å². The Labute approximate surface area is 182 Å². The molecule has 1 amide bonds. The lowest BCUT2D eigenvalue weighted by molar-refractivity contribution is 0.0949. The van der Waals surface area contributed by atoms with E-state index in [1.807, 2.05) is 24.3 Å². The summed E-state index contributed by atoms with van der Waals surface area (Å²) in [5.41, 5.74) is 2.76. The first-order valence-electron chi connectivity index (χ1n) is 9.59. The van der Waals surface area contributed by atoms with Crippen LogP contribution in [0.15, 0.2) is 42.7 Å². The minimum atomic E-state index is -0.442. The molecule has 1 atom stereocenters. The first-order chi connectivity index (χ1) is 14.1. The Kier molecular flexibility index (Phi) is 7.82. The van der Waals surface area contributed by atoms with Gasteiger partial charge in [-0.1, -0.05) is 6.92 Å². The Morgan fingerprint density at radius 2 is 2.00 bits per heavy atom. The molecule has 0 fully saturated rings. The molecule has 3 aromatic rings. The summed E-state index contributed by atoms with van der Waals surface area (Å²) >= 11 is 2.22. The van der Waals surface area contributed by atoms with Crippen molar-refractivity contribution in [1.29, 1.82) is 0 Å². The minimum absolute atomic E-state index is 0.238. The van der Waals surface area contributed by atoms with Gasteiger partial charge in [0.25, 0.3) is 5.91 Å². The second-order valence-electron chi connectivity index (χ2n) is 6.70. The highest BCUT2D eigenvalue weighted by molar-refractivity contribution is 14.1. The van der Waals surface area contributed by atoms with Gasteiger partial charge in [-0.15, -0.1) is 0 Å². The van der Waals surface area contributed by atoms with Crippen LogP contribution in [0.4, 0.5) is 4.39 Å². The molecule has 29 heavy (non-hydrogen) atoms. The third-order valence-electron chi connectivity index (χ3n) is 4.71. The number of aromatic nitrogens is 3. The topological polar surface area (TPSA) is 79.8 Å². The fraction of sp³-hybridized carbons (Fsp3) is 0.333. The van der Waals surface area contributed by atoms with E-state index in [1.165, 1.54) is 18.5 Å². The molecule has 6 nitrogen and oxygen atoms in total. The van der Waals surface area contributed by atoms with Gasteiger partial charge in [-0.3, -0.25) is 9.78 Å². The highest BCUT2D eigenvalue weighted by Crippen LogP contribution is 2.22. The van der Waals surface area contributed by atoms with E-state index in [-0.39, 0.29) is 11.8 Å². The van der Waals surface area contributed by atoms with Crippen molar-refractivity contribution in [2.24, 2.45) is 0 Å². The van der Waals surface area contributed by atoms with Crippen molar-refractivity contribution < 1.29 is 9.18 Å². The molecule has 0 bridgehead atoms. The number of benzene rings is 1. The number of hydrogen-bond donors (Lipinski definition) is 2. The van der Waals surface area contributed by atoms with Gasteiger partial charge < -0.3 is 10.6 Å². The molecule has 2 heterocycles. The molecule has 0 radical (unpaired) electrons. The van der Waals surface area contributed by atoms with E-state index in [4.69, 9.17) is 0 Å². The van der Waals surface area contributed by atoms with Crippen LogP contribution in [0.5, 0.6) is 0 Å². The predicted molar refractivity (Wildman–Crippen MR) is 119 cm³/mol. The molecular weight excluding hydrogens is 484 g/mol. The number of nitrogens with zero attached hydrogens (tertiary/aromatic N) is 3. The monoisotopic (exact) mass is 507 g/mol. The first kappa shape index (κ1) is 21.5. The number of amides is 1. The van der Waals surface area contributed by atoms with Gasteiger partial charge in [0.1, 0.15) is 5.69 Å². The molecule has 2 aromatic heterocycles. The highest BCUT2D eigenvalue weighted by atomic mass is 127. The summed E-state index contributed by atoms with van der Waals surface area (Å²) in [6.45, 7) is 4.01. The van der Waals surface area contributed by atoms with E-state index >= 15 is 0 Å². The van der Waals surface area contributed by atoms with Gasteiger partial charge in [-0.25, -0.2) is 9.97 Å². The van der Waals surface area contributed by atoms with Crippen molar-refractivity contribution in [3.63, 3.8) is 0 Å². The van der Waals surface area contributed by atoms with Gasteiger partial charge in [0.2, 0.25) is 5.95 Å². The second kappa shape index (κ2) is 10.5. The molecule has 0 saturated carbocycles. The average Bonchev–Trinajstić information content (AvgIpc) is 2.72. The average molecular weight is 507 g/mol. The van der Waals surface area contributed by atoms with Crippen molar-refractivity contribution >= 4 is 39.5 Å². The molecule has 152 valence electrons. The van der Waals surface area contributed by atoms with Gasteiger partial charge >= 0.3 is 0 Å². The van der Waals surface area contributed by atoms with Crippen LogP contribution >= 0.6 is 22.6 Å². The number of carbonyl (C=O) groups excluding carboxylic acids is 1. The Bertz CT molecular complexity index is 984. The van der Waals surface area contributed by atoms with Crippen molar-refractivity contribution in [2.75, 3.05) is 19.6 Å². The maximum Gasteiger partial charge on any atom is 0.271 e. The Morgan fingerprint density at radius 3 is 2.79 bits per heavy atom. The molecule has 0 aliphatic rings. The van der Waals surface area contributed by atoms with Crippen LogP contribution in [0.2, 0.25) is 0 Å². The van der Waals surface area contributed by atoms with Gasteiger partial charge in [0.05, 0.1) is 17.2 Å². The van der Waals surface area contributed by atoms with Crippen LogP contribution in [0, 0.1) is 9.52 Å². The molecule has 0 saturated heterocycles. The lowest BCUT2D eigenvalue weighted by Gasteiger charge is -2.15. The van der Waals surface area contributed by atoms with Gasteiger partial charge in [0, 0.05) is 22.9 Å². The van der Waals surface area contributed by atoms with E-state index in [0.29, 0.717) is 24.3 Å². The summed E-state index contributed by atoms with van der Waals surface area (Å²) in [7, 11) is 0. The zero-order chi connectivity index (χ0) is 20.6. The normalized spacial score (nSPS) is 12.1. The second-order valence-corrected chi connectivity index (χ2v) is 7.95. The smallest absolute Gasteiger partial charge is 0.271 e. The van der Waals surface area contributed by atoms with E-state index < -0.39 is 5.95 Å². The molecule has 1 aromatic carbocycles. The van der Waals surface area contributed by atoms with Crippen LogP contribution in [0.1, 0.15) is 41.7 Å². The van der Waals surface area contributed by atoms with Crippen LogP contribution < -0.4 is 10.6 Å². The summed E-state index contributed by atoms with van der Waals surface area (Å²) < 4.78 is 14.4. The summed E-state index contributed by atoms with van der Waals surface area (Å²) in [5, 5.41) is 6.17. The Hall–Kier alpha value is -2.20. The first-order valence-corrected chi connectivity index (χ1v) is 10.7. The Balaban J connectivity index is 1.41. The SMILES string of the molecule is CCC(CCNCCNC(=O)c1cnc2cc(I)ccc2n1)c1ccnc(F)c1. The number of halogens is 2. The maximum atomic E-state index is 13.3. The predicted octanol–water partition coefficient (Wildman–Crippen LogP) is 3.67. The molecule has 1 unspecified atom stereocenters. The Morgan fingerprint density at radius 1 is 1.14 bits per heavy atom. The minimum Gasteiger partial charge on any atom is -0.349 e. The lowest BCUT2D eigenvalue weighted by atomic mass is 9.94. The quantitative estimate of drug-likeness (QED) is 0.263. The molecule has 0 aliphatic carbocycles. The maximum absolute atomic E-state index is 13.3. The summed E-state index contributed by atoms with van der Waals surface area (Å²) in [6.07, 6.45) is 4.83. The van der Waals surface area contributed by atoms with Crippen LogP contribution in [-0.4, -0.2) is 40.5 Å². The summed E-state index contributed by atoms with van der Waals surface area (Å²) in [4.78, 5) is 24.6. The van der Waals surface area contributed by atoms with Gasteiger partial charge in [-0.05, 0) is 83.8 Å². The van der Waals surface area contributed by atoms with Gasteiger partial charge in [0.15, 0.2) is 0 Å². The fourth-order valence-corrected chi connectivity index (χ4v) is 3.60. The van der Waals surface area contributed by atoms with Crippen molar-refractivity contribution in [3.8, 4) is 0 Å².